The van der Waals surface area contributed by atoms with Crippen LogP contribution in [0.4, 0.5) is 0 Å². The third-order valence-corrected chi connectivity index (χ3v) is 3.65. The van der Waals surface area contributed by atoms with Gasteiger partial charge in [0.05, 0.1) is 6.61 Å². The van der Waals surface area contributed by atoms with Gasteiger partial charge in [-0.1, -0.05) is 6.92 Å². The van der Waals surface area contributed by atoms with Crippen molar-refractivity contribution in [3.05, 3.63) is 24.3 Å². The van der Waals surface area contributed by atoms with Crippen LogP contribution in [0.3, 0.4) is 0 Å². The smallest absolute Gasteiger partial charge is 0.119 e. The Morgan fingerprint density at radius 2 is 1.80 bits per heavy atom. The molecule has 0 aliphatic carbocycles. The lowest BCUT2D eigenvalue weighted by atomic mass is 10.3. The van der Waals surface area contributed by atoms with Gasteiger partial charge in [-0.2, -0.15) is 0 Å². The first-order valence-corrected chi connectivity index (χ1v) is 7.57. The average Bonchev–Trinajstić information content (AvgIpc) is 2.94. The van der Waals surface area contributed by atoms with Gasteiger partial charge in [0.2, 0.25) is 0 Å². The lowest BCUT2D eigenvalue weighted by molar-refractivity contribution is 0.234. The summed E-state index contributed by atoms with van der Waals surface area (Å²) in [7, 11) is 2.03. The summed E-state index contributed by atoms with van der Waals surface area (Å²) in [6, 6.07) is 8.54. The average molecular weight is 278 g/mol. The van der Waals surface area contributed by atoms with E-state index < -0.39 is 0 Å². The summed E-state index contributed by atoms with van der Waals surface area (Å²) in [4.78, 5) is 2.44. The van der Waals surface area contributed by atoms with E-state index in [9.17, 15) is 0 Å². The first-order valence-electron chi connectivity index (χ1n) is 7.57. The number of likely N-dealkylation sites (N-methyl/N-ethyl adjacent to an activating group) is 1. The molecule has 1 aromatic rings. The number of ether oxygens (including phenoxy) is 2. The highest BCUT2D eigenvalue weighted by Crippen LogP contribution is 2.18. The van der Waals surface area contributed by atoms with Gasteiger partial charge >= 0.3 is 0 Å². The van der Waals surface area contributed by atoms with Crippen molar-refractivity contribution in [3.63, 3.8) is 0 Å². The van der Waals surface area contributed by atoms with Crippen molar-refractivity contribution in [1.82, 2.24) is 10.2 Å². The summed E-state index contributed by atoms with van der Waals surface area (Å²) >= 11 is 0. The van der Waals surface area contributed by atoms with Crippen molar-refractivity contribution < 1.29 is 9.47 Å². The molecule has 1 fully saturated rings. The first-order chi connectivity index (χ1) is 9.81. The number of nitrogens with zero attached hydrogens (tertiary/aromatic N) is 1. The molecule has 2 rings (SSSR count). The molecule has 4 heteroatoms. The van der Waals surface area contributed by atoms with Crippen LogP contribution in [0.5, 0.6) is 11.5 Å². The van der Waals surface area contributed by atoms with Crippen LogP contribution in [-0.4, -0.2) is 50.8 Å². The molecule has 1 N–H and O–H groups in total. The highest BCUT2D eigenvalue weighted by molar-refractivity contribution is 5.31. The van der Waals surface area contributed by atoms with Gasteiger partial charge in [-0.05, 0) is 50.7 Å². The summed E-state index contributed by atoms with van der Waals surface area (Å²) in [5.74, 6) is 1.83. The summed E-state index contributed by atoms with van der Waals surface area (Å²) in [6.45, 7) is 6.90. The Hall–Kier alpha value is -1.26. The fourth-order valence-corrected chi connectivity index (χ4v) is 2.42. The number of hydrogen-bond acceptors (Lipinski definition) is 4. The molecule has 1 aromatic carbocycles. The SMILES string of the molecule is CCCOc1ccc(OCCN2CCC(NC)C2)cc1. The maximum atomic E-state index is 5.78. The van der Waals surface area contributed by atoms with Gasteiger partial charge in [0.1, 0.15) is 18.1 Å². The topological polar surface area (TPSA) is 33.7 Å². The number of benzene rings is 1. The zero-order valence-electron chi connectivity index (χ0n) is 12.6. The Kier molecular flexibility index (Phi) is 6.15. The van der Waals surface area contributed by atoms with E-state index in [1.807, 2.05) is 31.3 Å². The Morgan fingerprint density at radius 3 is 2.35 bits per heavy atom. The standard InChI is InChI=1S/C16H26N2O2/c1-3-11-19-15-4-6-16(7-5-15)20-12-10-18-9-8-14(13-18)17-2/h4-7,14,17H,3,8-13H2,1-2H3. The van der Waals surface area contributed by atoms with Crippen LogP contribution in [0.2, 0.25) is 0 Å². The van der Waals surface area contributed by atoms with Gasteiger partial charge in [-0.25, -0.2) is 0 Å². The molecule has 0 amide bonds. The molecule has 1 saturated heterocycles. The fourth-order valence-electron chi connectivity index (χ4n) is 2.42. The van der Waals surface area contributed by atoms with Crippen molar-refractivity contribution in [3.8, 4) is 11.5 Å². The highest BCUT2D eigenvalue weighted by atomic mass is 16.5. The minimum absolute atomic E-state index is 0.644. The van der Waals surface area contributed by atoms with Crippen molar-refractivity contribution in [2.45, 2.75) is 25.8 Å². The third-order valence-electron chi connectivity index (χ3n) is 3.65. The Bertz CT molecular complexity index is 381. The number of hydrogen-bond donors (Lipinski definition) is 1. The van der Waals surface area contributed by atoms with Crippen molar-refractivity contribution in [2.24, 2.45) is 0 Å². The molecular formula is C16H26N2O2. The van der Waals surface area contributed by atoms with Crippen molar-refractivity contribution >= 4 is 0 Å². The van der Waals surface area contributed by atoms with Crippen LogP contribution in [0, 0.1) is 0 Å². The van der Waals surface area contributed by atoms with Crippen molar-refractivity contribution in [2.75, 3.05) is 39.9 Å². The predicted molar refractivity (Wildman–Crippen MR) is 81.6 cm³/mol. The molecule has 0 bridgehead atoms. The van der Waals surface area contributed by atoms with E-state index in [1.54, 1.807) is 0 Å². The van der Waals surface area contributed by atoms with E-state index >= 15 is 0 Å². The fraction of sp³-hybridized carbons (Fsp3) is 0.625. The van der Waals surface area contributed by atoms with Crippen LogP contribution < -0.4 is 14.8 Å². The minimum atomic E-state index is 0.644. The molecule has 20 heavy (non-hydrogen) atoms. The predicted octanol–water partition coefficient (Wildman–Crippen LogP) is 2.15. The van der Waals surface area contributed by atoms with Gasteiger partial charge < -0.3 is 14.8 Å². The van der Waals surface area contributed by atoms with Crippen LogP contribution in [-0.2, 0) is 0 Å². The monoisotopic (exact) mass is 278 g/mol. The minimum Gasteiger partial charge on any atom is -0.494 e. The van der Waals surface area contributed by atoms with Crippen LogP contribution >= 0.6 is 0 Å². The third kappa shape index (κ3) is 4.69. The maximum absolute atomic E-state index is 5.78. The molecule has 0 radical (unpaired) electrons. The summed E-state index contributed by atoms with van der Waals surface area (Å²) < 4.78 is 11.3. The first kappa shape index (κ1) is 15.1. The van der Waals surface area contributed by atoms with Crippen LogP contribution in [0.1, 0.15) is 19.8 Å². The number of nitrogens with one attached hydrogen (secondary N) is 1. The van der Waals surface area contributed by atoms with E-state index in [0.717, 1.165) is 44.2 Å². The zero-order chi connectivity index (χ0) is 14.2. The van der Waals surface area contributed by atoms with E-state index in [-0.39, 0.29) is 0 Å². The van der Waals surface area contributed by atoms with Gasteiger partial charge in [-0.3, -0.25) is 4.90 Å². The normalized spacial score (nSPS) is 19.2. The molecule has 1 unspecified atom stereocenters. The second-order valence-electron chi connectivity index (χ2n) is 5.24. The van der Waals surface area contributed by atoms with Crippen molar-refractivity contribution in [1.29, 1.82) is 0 Å². The summed E-state index contributed by atoms with van der Waals surface area (Å²) in [5.41, 5.74) is 0. The second-order valence-corrected chi connectivity index (χ2v) is 5.24. The molecule has 0 spiro atoms. The van der Waals surface area contributed by atoms with Crippen LogP contribution in [0.15, 0.2) is 24.3 Å². The molecule has 4 nitrogen and oxygen atoms in total. The quantitative estimate of drug-likeness (QED) is 0.790. The molecular weight excluding hydrogens is 252 g/mol. The molecule has 1 atom stereocenters. The zero-order valence-corrected chi connectivity index (χ0v) is 12.6. The highest BCUT2D eigenvalue weighted by Gasteiger charge is 2.20. The maximum Gasteiger partial charge on any atom is 0.119 e. The molecule has 1 aliphatic rings. The lowest BCUT2D eigenvalue weighted by Crippen LogP contribution is -2.31. The summed E-state index contributed by atoms with van der Waals surface area (Å²) in [6.07, 6.45) is 2.27. The van der Waals surface area contributed by atoms with E-state index in [4.69, 9.17) is 9.47 Å². The largest absolute Gasteiger partial charge is 0.494 e. The van der Waals surface area contributed by atoms with E-state index in [1.165, 1.54) is 13.0 Å². The van der Waals surface area contributed by atoms with Gasteiger partial charge in [0.15, 0.2) is 0 Å². The molecule has 0 aromatic heterocycles. The molecule has 1 aliphatic heterocycles. The Morgan fingerprint density at radius 1 is 1.15 bits per heavy atom. The lowest BCUT2D eigenvalue weighted by Gasteiger charge is -2.16. The summed E-state index contributed by atoms with van der Waals surface area (Å²) in [5, 5.41) is 3.33. The van der Waals surface area contributed by atoms with E-state index in [0.29, 0.717) is 6.04 Å². The van der Waals surface area contributed by atoms with E-state index in [2.05, 4.69) is 17.1 Å². The molecule has 1 heterocycles. The van der Waals surface area contributed by atoms with Crippen LogP contribution in [0.25, 0.3) is 0 Å². The molecule has 0 saturated carbocycles. The number of likely N-dealkylation sites (tertiary alicyclic amines) is 1. The Labute approximate surface area is 122 Å². The Balaban J connectivity index is 1.66. The van der Waals surface area contributed by atoms with Gasteiger partial charge in [0.25, 0.3) is 0 Å². The molecule has 112 valence electrons. The van der Waals surface area contributed by atoms with Gasteiger partial charge in [0, 0.05) is 19.1 Å². The number of rotatable bonds is 8. The van der Waals surface area contributed by atoms with Gasteiger partial charge in [-0.15, -0.1) is 0 Å². The second kappa shape index (κ2) is 8.12.